The molecule has 5 heteroatoms. The molecular weight excluding hydrogens is 286 g/mol. The Balaban J connectivity index is 2.52. The zero-order valence-electron chi connectivity index (χ0n) is 16.4. The van der Waals surface area contributed by atoms with Gasteiger partial charge < -0.3 is 15.5 Å². The van der Waals surface area contributed by atoms with Gasteiger partial charge in [-0.05, 0) is 47.1 Å². The van der Waals surface area contributed by atoms with Gasteiger partial charge in [0.05, 0.1) is 6.54 Å². The molecule has 1 rings (SSSR count). The molecule has 5 nitrogen and oxygen atoms in total. The summed E-state index contributed by atoms with van der Waals surface area (Å²) >= 11 is 0. The van der Waals surface area contributed by atoms with Crippen molar-refractivity contribution < 1.29 is 0 Å². The minimum Gasteiger partial charge on any atom is -0.357 e. The van der Waals surface area contributed by atoms with E-state index >= 15 is 0 Å². The third-order valence-corrected chi connectivity index (χ3v) is 5.10. The number of nitrogens with one attached hydrogen (secondary N) is 2. The smallest absolute Gasteiger partial charge is 0.191 e. The first kappa shape index (κ1) is 20.2. The first-order chi connectivity index (χ1) is 10.9. The molecule has 23 heavy (non-hydrogen) atoms. The summed E-state index contributed by atoms with van der Waals surface area (Å²) in [6.45, 7) is 18.5. The van der Waals surface area contributed by atoms with E-state index in [0.717, 1.165) is 32.1 Å². The molecule has 2 N–H and O–H groups in total. The van der Waals surface area contributed by atoms with Gasteiger partial charge in [-0.3, -0.25) is 9.89 Å². The zero-order valence-corrected chi connectivity index (χ0v) is 16.4. The fourth-order valence-corrected chi connectivity index (χ4v) is 2.96. The van der Waals surface area contributed by atoms with E-state index in [1.807, 2.05) is 0 Å². The Labute approximate surface area is 143 Å². The van der Waals surface area contributed by atoms with Crippen LogP contribution in [0.25, 0.3) is 0 Å². The van der Waals surface area contributed by atoms with Crippen molar-refractivity contribution in [3.63, 3.8) is 0 Å². The molecule has 0 spiro atoms. The summed E-state index contributed by atoms with van der Waals surface area (Å²) < 4.78 is 0. The largest absolute Gasteiger partial charge is 0.357 e. The highest BCUT2D eigenvalue weighted by molar-refractivity contribution is 5.80. The van der Waals surface area contributed by atoms with Crippen LogP contribution >= 0.6 is 0 Å². The van der Waals surface area contributed by atoms with Crippen LogP contribution in [-0.2, 0) is 0 Å². The molecule has 0 aromatic rings. The van der Waals surface area contributed by atoms with E-state index < -0.39 is 0 Å². The van der Waals surface area contributed by atoms with Gasteiger partial charge in [-0.1, -0.05) is 13.8 Å². The quantitative estimate of drug-likeness (QED) is 0.529. The van der Waals surface area contributed by atoms with Crippen molar-refractivity contribution in [2.45, 2.75) is 66.1 Å². The minimum absolute atomic E-state index is 0.488. The van der Waals surface area contributed by atoms with Crippen LogP contribution in [0.1, 0.15) is 48.0 Å². The summed E-state index contributed by atoms with van der Waals surface area (Å²) in [5, 5.41) is 7.04. The highest BCUT2D eigenvalue weighted by Gasteiger charge is 2.31. The molecule has 0 radical (unpaired) electrons. The number of hydrogen-bond acceptors (Lipinski definition) is 3. The predicted octanol–water partition coefficient (Wildman–Crippen LogP) is 2.00. The molecule has 0 amide bonds. The third kappa shape index (κ3) is 6.68. The molecule has 1 heterocycles. The molecule has 0 aromatic carbocycles. The molecule has 0 aromatic heterocycles. The molecule has 3 atom stereocenters. The van der Waals surface area contributed by atoms with Crippen molar-refractivity contribution in [3.05, 3.63) is 0 Å². The van der Waals surface area contributed by atoms with Crippen molar-refractivity contribution >= 4 is 5.96 Å². The molecule has 0 bridgehead atoms. The minimum atomic E-state index is 0.488. The second-order valence-electron chi connectivity index (χ2n) is 7.27. The van der Waals surface area contributed by atoms with Crippen molar-refractivity contribution in [1.29, 1.82) is 0 Å². The number of likely N-dealkylation sites (tertiary alicyclic amines) is 1. The van der Waals surface area contributed by atoms with Gasteiger partial charge in [-0.15, -0.1) is 0 Å². The Morgan fingerprint density at radius 3 is 2.48 bits per heavy atom. The van der Waals surface area contributed by atoms with Gasteiger partial charge in [0, 0.05) is 44.3 Å². The summed E-state index contributed by atoms with van der Waals surface area (Å²) in [6, 6.07) is 1.73. The number of likely N-dealkylation sites (N-methyl/N-ethyl adjacent to an activating group) is 1. The van der Waals surface area contributed by atoms with Gasteiger partial charge in [-0.2, -0.15) is 0 Å². The van der Waals surface area contributed by atoms with Gasteiger partial charge in [0.15, 0.2) is 5.96 Å². The van der Waals surface area contributed by atoms with Crippen LogP contribution in [0.15, 0.2) is 4.99 Å². The lowest BCUT2D eigenvalue weighted by atomic mass is 10.1. The number of rotatable bonds is 8. The van der Waals surface area contributed by atoms with Crippen LogP contribution in [-0.4, -0.2) is 73.7 Å². The molecule has 136 valence electrons. The van der Waals surface area contributed by atoms with E-state index in [4.69, 9.17) is 4.99 Å². The highest BCUT2D eigenvalue weighted by atomic mass is 15.3. The lowest BCUT2D eigenvalue weighted by Crippen LogP contribution is -2.47. The summed E-state index contributed by atoms with van der Waals surface area (Å²) in [4.78, 5) is 9.70. The monoisotopic (exact) mass is 325 g/mol. The molecule has 1 aliphatic heterocycles. The van der Waals surface area contributed by atoms with Crippen LogP contribution in [0.5, 0.6) is 0 Å². The lowest BCUT2D eigenvalue weighted by molar-refractivity contribution is 0.259. The van der Waals surface area contributed by atoms with E-state index in [1.165, 1.54) is 13.0 Å². The normalized spacial score (nSPS) is 24.5. The SMILES string of the molecule is CCNC(=NCCN(C)C(C)CC)NC1CN(C(C)C)CC1C. The fraction of sp³-hybridized carbons (Fsp3) is 0.944. The topological polar surface area (TPSA) is 42.9 Å². The van der Waals surface area contributed by atoms with E-state index in [-0.39, 0.29) is 0 Å². The van der Waals surface area contributed by atoms with E-state index in [0.29, 0.717) is 24.0 Å². The summed E-state index contributed by atoms with van der Waals surface area (Å²) in [6.07, 6.45) is 1.18. The van der Waals surface area contributed by atoms with Gasteiger partial charge in [0.25, 0.3) is 0 Å². The van der Waals surface area contributed by atoms with Crippen molar-refractivity contribution in [1.82, 2.24) is 20.4 Å². The van der Waals surface area contributed by atoms with Gasteiger partial charge >= 0.3 is 0 Å². The number of nitrogens with zero attached hydrogens (tertiary/aromatic N) is 3. The number of guanidine groups is 1. The zero-order chi connectivity index (χ0) is 17.4. The Hall–Kier alpha value is -0.810. The highest BCUT2D eigenvalue weighted by Crippen LogP contribution is 2.18. The van der Waals surface area contributed by atoms with Crippen molar-refractivity contribution in [3.8, 4) is 0 Å². The van der Waals surface area contributed by atoms with Crippen molar-refractivity contribution in [2.75, 3.05) is 39.8 Å². The molecule has 1 aliphatic rings. The third-order valence-electron chi connectivity index (χ3n) is 5.10. The first-order valence-electron chi connectivity index (χ1n) is 9.38. The van der Waals surface area contributed by atoms with Crippen LogP contribution in [0.4, 0.5) is 0 Å². The maximum absolute atomic E-state index is 4.77. The van der Waals surface area contributed by atoms with Crippen LogP contribution in [0, 0.1) is 5.92 Å². The number of aliphatic imine (C=N–C) groups is 1. The summed E-state index contributed by atoms with van der Waals surface area (Å²) in [5.74, 6) is 1.62. The first-order valence-corrected chi connectivity index (χ1v) is 9.38. The molecule has 1 fully saturated rings. The van der Waals surface area contributed by atoms with E-state index in [2.05, 4.69) is 69.0 Å². The Kier molecular flexibility index (Phi) is 8.92. The Morgan fingerprint density at radius 2 is 1.96 bits per heavy atom. The van der Waals surface area contributed by atoms with Gasteiger partial charge in [0.1, 0.15) is 0 Å². The van der Waals surface area contributed by atoms with Gasteiger partial charge in [-0.25, -0.2) is 0 Å². The average molecular weight is 326 g/mol. The Bertz CT molecular complexity index is 355. The van der Waals surface area contributed by atoms with Crippen LogP contribution < -0.4 is 10.6 Å². The summed E-state index contributed by atoms with van der Waals surface area (Å²) in [5.41, 5.74) is 0. The molecule has 3 unspecified atom stereocenters. The number of hydrogen-bond donors (Lipinski definition) is 2. The van der Waals surface area contributed by atoms with Crippen LogP contribution in [0.2, 0.25) is 0 Å². The standard InChI is InChI=1S/C18H39N5/c1-8-16(6)22(7)11-10-20-18(19-9-2)21-17-13-23(14(3)4)12-15(17)5/h14-17H,8-13H2,1-7H3,(H2,19,20,21). The van der Waals surface area contributed by atoms with Gasteiger partial charge in [0.2, 0.25) is 0 Å². The Morgan fingerprint density at radius 1 is 1.26 bits per heavy atom. The molecular formula is C18H39N5. The molecule has 0 saturated carbocycles. The summed E-state index contributed by atoms with van der Waals surface area (Å²) in [7, 11) is 2.18. The van der Waals surface area contributed by atoms with E-state index in [1.54, 1.807) is 0 Å². The maximum Gasteiger partial charge on any atom is 0.191 e. The second-order valence-corrected chi connectivity index (χ2v) is 7.27. The second kappa shape index (κ2) is 10.1. The van der Waals surface area contributed by atoms with Crippen molar-refractivity contribution in [2.24, 2.45) is 10.9 Å². The van der Waals surface area contributed by atoms with E-state index in [9.17, 15) is 0 Å². The maximum atomic E-state index is 4.77. The lowest BCUT2D eigenvalue weighted by Gasteiger charge is -2.24. The molecule has 0 aliphatic carbocycles. The fourth-order valence-electron chi connectivity index (χ4n) is 2.96. The van der Waals surface area contributed by atoms with Crippen LogP contribution in [0.3, 0.4) is 0 Å². The average Bonchev–Trinajstić information content (AvgIpc) is 2.87. The predicted molar refractivity (Wildman–Crippen MR) is 101 cm³/mol. The molecule has 1 saturated heterocycles.